The van der Waals surface area contributed by atoms with E-state index in [4.69, 9.17) is 4.52 Å². The van der Waals surface area contributed by atoms with Gasteiger partial charge in [0.25, 0.3) is 0 Å². The van der Waals surface area contributed by atoms with E-state index in [1.807, 2.05) is 6.92 Å². The number of hydrogen-bond acceptors (Lipinski definition) is 6. The maximum absolute atomic E-state index is 10.6. The van der Waals surface area contributed by atoms with E-state index >= 15 is 0 Å². The van der Waals surface area contributed by atoms with Gasteiger partial charge in [-0.15, -0.1) is 0 Å². The molecule has 118 valence electrons. The van der Waals surface area contributed by atoms with Crippen LogP contribution in [0.15, 0.2) is 4.52 Å². The van der Waals surface area contributed by atoms with Gasteiger partial charge in [0.1, 0.15) is 0 Å². The molecular formula is C15H26N4O2. The van der Waals surface area contributed by atoms with Crippen molar-refractivity contribution < 1.29 is 9.63 Å². The van der Waals surface area contributed by atoms with Crippen LogP contribution in [0.3, 0.4) is 0 Å². The van der Waals surface area contributed by atoms with E-state index in [2.05, 4.69) is 19.9 Å². The standard InChI is InChI=1S/C15H26N4O2/c1-13-16-14(21-17-13)11-18-7-9-19(10-8-18)12-15(20)5-3-2-4-6-15/h20H,2-12H2,1H3. The van der Waals surface area contributed by atoms with Crippen molar-refractivity contribution in [3.05, 3.63) is 11.7 Å². The molecule has 21 heavy (non-hydrogen) atoms. The summed E-state index contributed by atoms with van der Waals surface area (Å²) in [5.41, 5.74) is -0.440. The van der Waals surface area contributed by atoms with Gasteiger partial charge in [-0.3, -0.25) is 9.80 Å². The predicted molar refractivity (Wildman–Crippen MR) is 78.8 cm³/mol. The highest BCUT2D eigenvalue weighted by Crippen LogP contribution is 2.29. The molecule has 1 saturated heterocycles. The fourth-order valence-corrected chi connectivity index (χ4v) is 3.49. The third-order valence-corrected chi connectivity index (χ3v) is 4.70. The van der Waals surface area contributed by atoms with E-state index in [9.17, 15) is 5.11 Å². The number of hydrogen-bond donors (Lipinski definition) is 1. The topological polar surface area (TPSA) is 65.6 Å². The van der Waals surface area contributed by atoms with Crippen LogP contribution in [0.25, 0.3) is 0 Å². The summed E-state index contributed by atoms with van der Waals surface area (Å²) in [5, 5.41) is 14.5. The predicted octanol–water partition coefficient (Wildman–Crippen LogP) is 1.19. The Bertz CT molecular complexity index is 448. The summed E-state index contributed by atoms with van der Waals surface area (Å²) in [6, 6.07) is 0. The maximum atomic E-state index is 10.6. The number of aliphatic hydroxyl groups is 1. The monoisotopic (exact) mass is 294 g/mol. The Labute approximate surface area is 126 Å². The molecule has 6 nitrogen and oxygen atoms in total. The van der Waals surface area contributed by atoms with Gasteiger partial charge in [-0.1, -0.05) is 24.4 Å². The number of piperazine rings is 1. The number of aryl methyl sites for hydroxylation is 1. The molecule has 1 saturated carbocycles. The van der Waals surface area contributed by atoms with Crippen molar-refractivity contribution >= 4 is 0 Å². The molecule has 1 aromatic rings. The second kappa shape index (κ2) is 6.42. The van der Waals surface area contributed by atoms with E-state index in [-0.39, 0.29) is 0 Å². The Morgan fingerprint density at radius 1 is 1.10 bits per heavy atom. The van der Waals surface area contributed by atoms with Crippen LogP contribution in [0.4, 0.5) is 0 Å². The number of nitrogens with zero attached hydrogens (tertiary/aromatic N) is 4. The molecule has 0 radical (unpaired) electrons. The lowest BCUT2D eigenvalue weighted by atomic mass is 9.84. The van der Waals surface area contributed by atoms with Crippen LogP contribution in [-0.4, -0.2) is 63.4 Å². The fraction of sp³-hybridized carbons (Fsp3) is 0.867. The van der Waals surface area contributed by atoms with Crippen molar-refractivity contribution in [3.63, 3.8) is 0 Å². The van der Waals surface area contributed by atoms with Crippen molar-refractivity contribution in [1.29, 1.82) is 0 Å². The quantitative estimate of drug-likeness (QED) is 0.900. The van der Waals surface area contributed by atoms with Gasteiger partial charge in [0.15, 0.2) is 5.82 Å². The summed E-state index contributed by atoms with van der Waals surface area (Å²) >= 11 is 0. The highest BCUT2D eigenvalue weighted by atomic mass is 16.5. The van der Waals surface area contributed by atoms with E-state index in [1.165, 1.54) is 19.3 Å². The lowest BCUT2D eigenvalue weighted by Gasteiger charge is -2.40. The largest absolute Gasteiger partial charge is 0.389 e. The minimum atomic E-state index is -0.440. The van der Waals surface area contributed by atoms with Crippen LogP contribution in [-0.2, 0) is 6.54 Å². The molecule has 0 aromatic carbocycles. The molecule has 1 aliphatic heterocycles. The zero-order valence-corrected chi connectivity index (χ0v) is 12.9. The van der Waals surface area contributed by atoms with E-state index in [0.29, 0.717) is 11.7 Å². The van der Waals surface area contributed by atoms with Gasteiger partial charge in [-0.2, -0.15) is 4.98 Å². The second-order valence-electron chi connectivity index (χ2n) is 6.57. The molecule has 0 unspecified atom stereocenters. The molecule has 0 atom stereocenters. The fourth-order valence-electron chi connectivity index (χ4n) is 3.49. The summed E-state index contributed by atoms with van der Waals surface area (Å²) < 4.78 is 5.18. The lowest BCUT2D eigenvalue weighted by molar-refractivity contribution is -0.0364. The maximum Gasteiger partial charge on any atom is 0.240 e. The average Bonchev–Trinajstić information content (AvgIpc) is 2.87. The van der Waals surface area contributed by atoms with Crippen LogP contribution < -0.4 is 0 Å². The zero-order valence-electron chi connectivity index (χ0n) is 12.9. The van der Waals surface area contributed by atoms with E-state index in [1.54, 1.807) is 0 Å². The number of β-amino-alcohol motifs (C(OH)–C–C–N with tert-alkyl or cyclic N) is 1. The minimum absolute atomic E-state index is 0.440. The van der Waals surface area contributed by atoms with Crippen molar-refractivity contribution in [3.8, 4) is 0 Å². The van der Waals surface area contributed by atoms with E-state index < -0.39 is 5.60 Å². The molecule has 3 rings (SSSR count). The van der Waals surface area contributed by atoms with Gasteiger partial charge in [0.05, 0.1) is 12.1 Å². The molecule has 0 amide bonds. The summed E-state index contributed by atoms with van der Waals surface area (Å²) in [7, 11) is 0. The van der Waals surface area contributed by atoms with Crippen molar-refractivity contribution in [2.24, 2.45) is 0 Å². The van der Waals surface area contributed by atoms with Crippen LogP contribution in [0.2, 0.25) is 0 Å². The van der Waals surface area contributed by atoms with Gasteiger partial charge < -0.3 is 9.63 Å². The Balaban J connectivity index is 1.44. The molecule has 1 aromatic heterocycles. The smallest absolute Gasteiger partial charge is 0.240 e. The lowest BCUT2D eigenvalue weighted by Crippen LogP contribution is -2.52. The Kier molecular flexibility index (Phi) is 4.57. The van der Waals surface area contributed by atoms with Crippen LogP contribution in [0.1, 0.15) is 43.8 Å². The van der Waals surface area contributed by atoms with Gasteiger partial charge in [0.2, 0.25) is 5.89 Å². The molecule has 6 heteroatoms. The van der Waals surface area contributed by atoms with Crippen molar-refractivity contribution in [2.45, 2.75) is 51.2 Å². The van der Waals surface area contributed by atoms with Crippen LogP contribution in [0.5, 0.6) is 0 Å². The number of rotatable bonds is 4. The van der Waals surface area contributed by atoms with Crippen molar-refractivity contribution in [2.75, 3.05) is 32.7 Å². The molecule has 1 N–H and O–H groups in total. The first-order valence-electron chi connectivity index (χ1n) is 8.09. The molecule has 0 spiro atoms. The Hall–Kier alpha value is -0.980. The third kappa shape index (κ3) is 4.02. The summed E-state index contributed by atoms with van der Waals surface area (Å²) in [4.78, 5) is 9.00. The SMILES string of the molecule is Cc1noc(CN2CCN(CC3(O)CCCCC3)CC2)n1. The molecule has 1 aliphatic carbocycles. The first-order valence-corrected chi connectivity index (χ1v) is 8.09. The Morgan fingerprint density at radius 2 is 1.76 bits per heavy atom. The molecule has 2 heterocycles. The molecule has 0 bridgehead atoms. The average molecular weight is 294 g/mol. The highest BCUT2D eigenvalue weighted by molar-refractivity contribution is 4.88. The highest BCUT2D eigenvalue weighted by Gasteiger charge is 2.32. The normalized spacial score (nSPS) is 24.3. The van der Waals surface area contributed by atoms with Gasteiger partial charge in [-0.05, 0) is 19.8 Å². The van der Waals surface area contributed by atoms with Crippen LogP contribution >= 0.6 is 0 Å². The number of aromatic nitrogens is 2. The van der Waals surface area contributed by atoms with Gasteiger partial charge in [0, 0.05) is 32.7 Å². The van der Waals surface area contributed by atoms with Crippen LogP contribution in [0, 0.1) is 6.92 Å². The summed E-state index contributed by atoms with van der Waals surface area (Å²) in [5.74, 6) is 1.40. The first kappa shape index (κ1) is 14.9. The zero-order chi connectivity index (χ0) is 14.7. The Morgan fingerprint density at radius 3 is 2.38 bits per heavy atom. The van der Waals surface area contributed by atoms with Gasteiger partial charge >= 0.3 is 0 Å². The molecular weight excluding hydrogens is 268 g/mol. The minimum Gasteiger partial charge on any atom is -0.389 e. The van der Waals surface area contributed by atoms with Gasteiger partial charge in [-0.25, -0.2) is 0 Å². The third-order valence-electron chi connectivity index (χ3n) is 4.70. The molecule has 2 aliphatic rings. The van der Waals surface area contributed by atoms with E-state index in [0.717, 1.165) is 52.1 Å². The first-order chi connectivity index (χ1) is 10.1. The second-order valence-corrected chi connectivity index (χ2v) is 6.57. The van der Waals surface area contributed by atoms with Crippen molar-refractivity contribution in [1.82, 2.24) is 19.9 Å². The summed E-state index contributed by atoms with van der Waals surface area (Å²) in [6.45, 7) is 7.43. The summed E-state index contributed by atoms with van der Waals surface area (Å²) in [6.07, 6.45) is 5.56. The molecule has 2 fully saturated rings.